The van der Waals surface area contributed by atoms with Crippen molar-refractivity contribution in [3.63, 3.8) is 0 Å². The van der Waals surface area contributed by atoms with Crippen LogP contribution in [0.3, 0.4) is 0 Å². The van der Waals surface area contributed by atoms with Crippen LogP contribution in [0.2, 0.25) is 0 Å². The Bertz CT molecular complexity index is 1140. The number of nitrogens with zero attached hydrogens (tertiary/aromatic N) is 1. The van der Waals surface area contributed by atoms with Crippen LogP contribution in [0.5, 0.6) is 0 Å². The molecule has 166 valence electrons. The molecule has 0 aliphatic rings. The van der Waals surface area contributed by atoms with E-state index in [2.05, 4.69) is 41.4 Å². The molecule has 0 saturated carbocycles. The largest absolute Gasteiger partial charge is 0.478 e. The molecule has 0 bridgehead atoms. The highest BCUT2D eigenvalue weighted by atomic mass is 16.4. The maximum atomic E-state index is 12.4. The number of hydrogen-bond acceptors (Lipinski definition) is 4. The summed E-state index contributed by atoms with van der Waals surface area (Å²) in [4.78, 5) is 42.2. The molecule has 0 radical (unpaired) electrons. The molecule has 6 N–H and O–H groups in total. The molecular formula is C23H25N5O4. The number of amides is 3. The number of anilines is 2. The minimum atomic E-state index is -1.02. The summed E-state index contributed by atoms with van der Waals surface area (Å²) in [6.45, 7) is 6.30. The van der Waals surface area contributed by atoms with Crippen LogP contribution in [0.1, 0.15) is 58.6 Å². The molecule has 0 spiro atoms. The number of aromatic amines is 1. The number of rotatable bonds is 6. The van der Waals surface area contributed by atoms with Gasteiger partial charge in [-0.25, -0.2) is 14.6 Å². The molecule has 9 heteroatoms. The quantitative estimate of drug-likeness (QED) is 0.400. The number of aromatic nitrogens is 2. The van der Waals surface area contributed by atoms with E-state index < -0.39 is 17.9 Å². The first-order valence-electron chi connectivity index (χ1n) is 9.92. The number of imidazole rings is 1. The van der Waals surface area contributed by atoms with Gasteiger partial charge in [-0.1, -0.05) is 45.0 Å². The van der Waals surface area contributed by atoms with Crippen molar-refractivity contribution in [1.29, 1.82) is 0 Å². The summed E-state index contributed by atoms with van der Waals surface area (Å²) < 4.78 is 0. The predicted molar refractivity (Wildman–Crippen MR) is 121 cm³/mol. The van der Waals surface area contributed by atoms with E-state index in [0.29, 0.717) is 11.5 Å². The third-order valence-electron chi connectivity index (χ3n) is 4.81. The van der Waals surface area contributed by atoms with Crippen LogP contribution in [-0.4, -0.2) is 33.0 Å². The van der Waals surface area contributed by atoms with Crippen molar-refractivity contribution in [2.24, 2.45) is 5.73 Å². The van der Waals surface area contributed by atoms with Crippen molar-refractivity contribution in [2.45, 2.75) is 32.6 Å². The Morgan fingerprint density at radius 3 is 2.16 bits per heavy atom. The van der Waals surface area contributed by atoms with Crippen LogP contribution in [-0.2, 0) is 11.8 Å². The highest BCUT2D eigenvalue weighted by molar-refractivity contribution is 6.04. The average Bonchev–Trinajstić information content (AvgIpc) is 3.10. The van der Waals surface area contributed by atoms with Crippen LogP contribution >= 0.6 is 0 Å². The van der Waals surface area contributed by atoms with E-state index >= 15 is 0 Å². The summed E-state index contributed by atoms with van der Waals surface area (Å²) in [5.74, 6) is -1.33. The van der Waals surface area contributed by atoms with E-state index in [1.54, 1.807) is 24.3 Å². The lowest BCUT2D eigenvalue weighted by molar-refractivity contribution is 0.0696. The lowest BCUT2D eigenvalue weighted by Gasteiger charge is -2.19. The number of aromatic carboxylic acids is 1. The van der Waals surface area contributed by atoms with E-state index in [1.165, 1.54) is 12.1 Å². The smallest absolute Gasteiger partial charge is 0.335 e. The average molecular weight is 435 g/mol. The Kier molecular flexibility index (Phi) is 6.29. The van der Waals surface area contributed by atoms with Gasteiger partial charge in [-0.2, -0.15) is 0 Å². The Hall–Kier alpha value is -4.14. The Morgan fingerprint density at radius 1 is 1.00 bits per heavy atom. The molecule has 0 aliphatic carbocycles. The van der Waals surface area contributed by atoms with Gasteiger partial charge < -0.3 is 21.1 Å². The SMILES string of the molecule is CC(C)(C)c1ccc(NC(=O)Nc2[nH]c(Cc3ccc(C(=O)O)cc3)nc2C(N)=O)cc1. The number of hydrogen-bond donors (Lipinski definition) is 5. The van der Waals surface area contributed by atoms with Crippen LogP contribution in [0, 0.1) is 0 Å². The van der Waals surface area contributed by atoms with Crippen LogP contribution in [0.4, 0.5) is 16.3 Å². The van der Waals surface area contributed by atoms with E-state index in [4.69, 9.17) is 10.8 Å². The number of benzene rings is 2. The number of primary amides is 1. The minimum Gasteiger partial charge on any atom is -0.478 e. The second-order valence-corrected chi connectivity index (χ2v) is 8.36. The maximum Gasteiger partial charge on any atom is 0.335 e. The number of H-pyrrole nitrogens is 1. The van der Waals surface area contributed by atoms with Crippen molar-refractivity contribution < 1.29 is 19.5 Å². The van der Waals surface area contributed by atoms with Gasteiger partial charge in [0.1, 0.15) is 11.6 Å². The molecule has 2 aromatic carbocycles. The minimum absolute atomic E-state index is 0.00254. The molecule has 0 saturated heterocycles. The van der Waals surface area contributed by atoms with Gasteiger partial charge >= 0.3 is 12.0 Å². The monoisotopic (exact) mass is 435 g/mol. The van der Waals surface area contributed by atoms with Gasteiger partial charge in [0.25, 0.3) is 5.91 Å². The number of carbonyl (C=O) groups is 3. The zero-order valence-electron chi connectivity index (χ0n) is 18.0. The number of carboxylic acid groups (broad SMARTS) is 1. The summed E-state index contributed by atoms with van der Waals surface area (Å²) in [7, 11) is 0. The maximum absolute atomic E-state index is 12.4. The van der Waals surface area contributed by atoms with Gasteiger partial charge in [-0.3, -0.25) is 10.1 Å². The molecule has 0 fully saturated rings. The van der Waals surface area contributed by atoms with Gasteiger partial charge in [-0.05, 0) is 40.8 Å². The van der Waals surface area contributed by atoms with Gasteiger partial charge in [0.15, 0.2) is 5.69 Å². The van der Waals surface area contributed by atoms with Gasteiger partial charge in [0, 0.05) is 12.1 Å². The lowest BCUT2D eigenvalue weighted by atomic mass is 9.87. The summed E-state index contributed by atoms with van der Waals surface area (Å²) in [5, 5.41) is 14.3. The van der Waals surface area contributed by atoms with E-state index in [9.17, 15) is 14.4 Å². The Labute approximate surface area is 185 Å². The molecular weight excluding hydrogens is 410 g/mol. The van der Waals surface area contributed by atoms with Crippen LogP contribution in [0.25, 0.3) is 0 Å². The molecule has 1 heterocycles. The molecule has 3 rings (SSSR count). The van der Waals surface area contributed by atoms with Crippen LogP contribution in [0.15, 0.2) is 48.5 Å². The fourth-order valence-corrected chi connectivity index (χ4v) is 3.06. The number of carbonyl (C=O) groups excluding carboxylic acids is 2. The molecule has 0 aliphatic heterocycles. The van der Waals surface area contributed by atoms with E-state index in [-0.39, 0.29) is 28.9 Å². The van der Waals surface area contributed by atoms with Crippen molar-refractivity contribution in [3.05, 3.63) is 76.7 Å². The molecule has 9 nitrogen and oxygen atoms in total. The lowest BCUT2D eigenvalue weighted by Crippen LogP contribution is -2.22. The number of nitrogens with one attached hydrogen (secondary N) is 3. The Morgan fingerprint density at radius 2 is 1.62 bits per heavy atom. The molecule has 0 unspecified atom stereocenters. The first-order valence-corrected chi connectivity index (χ1v) is 9.92. The highest BCUT2D eigenvalue weighted by Crippen LogP contribution is 2.23. The van der Waals surface area contributed by atoms with Crippen molar-refractivity contribution in [2.75, 3.05) is 10.6 Å². The van der Waals surface area contributed by atoms with E-state index in [1.807, 2.05) is 12.1 Å². The molecule has 0 atom stereocenters. The van der Waals surface area contributed by atoms with E-state index in [0.717, 1.165) is 11.1 Å². The standard InChI is InChI=1S/C23H25N5O4/c1-23(2,3)15-8-10-16(11-9-15)25-22(32)28-20-18(19(24)29)26-17(27-20)12-13-4-6-14(7-5-13)21(30)31/h4-11H,12H2,1-3H3,(H2,24,29)(H,26,27)(H,30,31)(H2,25,28,32). The van der Waals surface area contributed by atoms with Gasteiger partial charge in [0.2, 0.25) is 0 Å². The molecule has 32 heavy (non-hydrogen) atoms. The number of carboxylic acids is 1. The third kappa shape index (κ3) is 5.51. The molecule has 3 amide bonds. The van der Waals surface area contributed by atoms with Gasteiger partial charge in [-0.15, -0.1) is 0 Å². The first kappa shape index (κ1) is 22.5. The fourth-order valence-electron chi connectivity index (χ4n) is 3.06. The predicted octanol–water partition coefficient (Wildman–Crippen LogP) is 3.74. The molecule has 3 aromatic rings. The zero-order valence-corrected chi connectivity index (χ0v) is 18.0. The highest BCUT2D eigenvalue weighted by Gasteiger charge is 2.18. The number of nitrogens with two attached hydrogens (primary N) is 1. The second kappa shape index (κ2) is 8.93. The van der Waals surface area contributed by atoms with Crippen molar-refractivity contribution >= 4 is 29.4 Å². The summed E-state index contributed by atoms with van der Waals surface area (Å²) in [5.41, 5.74) is 7.97. The first-order chi connectivity index (χ1) is 15.0. The van der Waals surface area contributed by atoms with Crippen molar-refractivity contribution in [3.8, 4) is 0 Å². The third-order valence-corrected chi connectivity index (χ3v) is 4.81. The Balaban J connectivity index is 1.71. The normalized spacial score (nSPS) is 11.1. The molecule has 1 aromatic heterocycles. The topological polar surface area (TPSA) is 150 Å². The fraction of sp³-hybridized carbons (Fsp3) is 0.217. The number of urea groups is 1. The zero-order chi connectivity index (χ0) is 23.5. The van der Waals surface area contributed by atoms with Crippen molar-refractivity contribution in [1.82, 2.24) is 9.97 Å². The van der Waals surface area contributed by atoms with Crippen LogP contribution < -0.4 is 16.4 Å². The summed E-state index contributed by atoms with van der Waals surface area (Å²) in [6.07, 6.45) is 0.289. The summed E-state index contributed by atoms with van der Waals surface area (Å²) in [6, 6.07) is 13.2. The summed E-state index contributed by atoms with van der Waals surface area (Å²) >= 11 is 0. The second-order valence-electron chi connectivity index (χ2n) is 8.36. The van der Waals surface area contributed by atoms with Gasteiger partial charge in [0.05, 0.1) is 5.56 Å².